The van der Waals surface area contributed by atoms with Crippen LogP contribution in [0.3, 0.4) is 0 Å². The number of non-ortho nitro benzene ring substituents is 1. The van der Waals surface area contributed by atoms with E-state index in [4.69, 9.17) is 5.26 Å². The number of nitro groups is 1. The Morgan fingerprint density at radius 1 is 0.810 bits per heavy atom. The molecule has 0 saturated heterocycles. The summed E-state index contributed by atoms with van der Waals surface area (Å²) in [5.74, 6) is 11.0. The molecule has 98 valence electrons. The Hall–Kier alpha value is -3.55. The summed E-state index contributed by atoms with van der Waals surface area (Å²) in [4.78, 5) is 10.0. The summed E-state index contributed by atoms with van der Waals surface area (Å²) in [6.07, 6.45) is 0. The zero-order valence-corrected chi connectivity index (χ0v) is 10.8. The minimum Gasteiger partial charge on any atom is -0.258 e. The summed E-state index contributed by atoms with van der Waals surface area (Å²) in [5.41, 5.74) is 2.04. The second-order valence-electron chi connectivity index (χ2n) is 3.99. The van der Waals surface area contributed by atoms with E-state index in [0.29, 0.717) is 11.1 Å². The molecule has 21 heavy (non-hydrogen) atoms. The van der Waals surface area contributed by atoms with E-state index in [2.05, 4.69) is 23.7 Å². The fraction of sp³-hybridized carbons (Fsp3) is 0. The minimum absolute atomic E-state index is 0.0317. The molecule has 2 rings (SSSR count). The monoisotopic (exact) mass is 272 g/mol. The van der Waals surface area contributed by atoms with Crippen molar-refractivity contribution >= 4 is 5.69 Å². The molecule has 0 N–H and O–H groups in total. The van der Waals surface area contributed by atoms with Crippen LogP contribution in [-0.2, 0) is 0 Å². The van der Waals surface area contributed by atoms with E-state index in [0.717, 1.165) is 5.56 Å². The number of nitro benzene ring substituents is 1. The molecule has 0 aromatic heterocycles. The Morgan fingerprint density at radius 3 is 1.67 bits per heavy atom. The van der Waals surface area contributed by atoms with Crippen LogP contribution in [0.2, 0.25) is 0 Å². The van der Waals surface area contributed by atoms with Gasteiger partial charge in [0.05, 0.1) is 16.6 Å². The Morgan fingerprint density at radius 2 is 1.24 bits per heavy atom. The van der Waals surface area contributed by atoms with E-state index in [9.17, 15) is 10.1 Å². The average molecular weight is 272 g/mol. The number of benzene rings is 2. The van der Waals surface area contributed by atoms with E-state index < -0.39 is 4.92 Å². The smallest absolute Gasteiger partial charge is 0.258 e. The third-order valence-corrected chi connectivity index (χ3v) is 2.57. The molecule has 0 heterocycles. The van der Waals surface area contributed by atoms with E-state index in [1.54, 1.807) is 36.4 Å². The molecule has 0 saturated carbocycles. The number of rotatable bonds is 1. The van der Waals surface area contributed by atoms with E-state index in [-0.39, 0.29) is 5.69 Å². The molecule has 0 bridgehead atoms. The van der Waals surface area contributed by atoms with Gasteiger partial charge in [-0.2, -0.15) is 5.26 Å². The molecule has 0 atom stereocenters. The Balaban J connectivity index is 2.08. The lowest BCUT2D eigenvalue weighted by Crippen LogP contribution is -1.86. The maximum absolute atomic E-state index is 10.5. The van der Waals surface area contributed by atoms with Gasteiger partial charge in [-0.1, -0.05) is 11.8 Å². The lowest BCUT2D eigenvalue weighted by atomic mass is 10.1. The minimum atomic E-state index is -0.456. The van der Waals surface area contributed by atoms with Crippen molar-refractivity contribution in [2.24, 2.45) is 0 Å². The van der Waals surface area contributed by atoms with Gasteiger partial charge in [0, 0.05) is 23.3 Å². The fourth-order valence-corrected chi connectivity index (χ4v) is 1.50. The van der Waals surface area contributed by atoms with Gasteiger partial charge in [0.2, 0.25) is 0 Å². The molecule has 0 aliphatic heterocycles. The summed E-state index contributed by atoms with van der Waals surface area (Å²) >= 11 is 0. The molecule has 2 aromatic rings. The summed E-state index contributed by atoms with van der Waals surface area (Å²) < 4.78 is 0. The van der Waals surface area contributed by atoms with Gasteiger partial charge >= 0.3 is 0 Å². The zero-order chi connectivity index (χ0) is 15.1. The summed E-state index contributed by atoms with van der Waals surface area (Å²) in [7, 11) is 0. The van der Waals surface area contributed by atoms with Crippen LogP contribution in [0, 0.1) is 45.1 Å². The van der Waals surface area contributed by atoms with Crippen LogP contribution in [0.4, 0.5) is 5.69 Å². The molecule has 4 nitrogen and oxygen atoms in total. The predicted molar refractivity (Wildman–Crippen MR) is 78.0 cm³/mol. The third-order valence-electron chi connectivity index (χ3n) is 2.57. The van der Waals surface area contributed by atoms with Gasteiger partial charge in [0.1, 0.15) is 0 Å². The van der Waals surface area contributed by atoms with Gasteiger partial charge in [-0.15, -0.1) is 0 Å². The van der Waals surface area contributed by atoms with Gasteiger partial charge in [0.15, 0.2) is 0 Å². The van der Waals surface area contributed by atoms with E-state index in [1.165, 1.54) is 12.1 Å². The lowest BCUT2D eigenvalue weighted by molar-refractivity contribution is -0.384. The second-order valence-corrected chi connectivity index (χ2v) is 3.99. The summed E-state index contributed by atoms with van der Waals surface area (Å²) in [5, 5.41) is 19.2. The molecule has 0 unspecified atom stereocenters. The van der Waals surface area contributed by atoms with Crippen molar-refractivity contribution in [1.82, 2.24) is 0 Å². The predicted octanol–water partition coefficient (Wildman–Crippen LogP) is 2.87. The SMILES string of the molecule is N#Cc1ccc(C#CC#Cc2ccc([N+](=O)[O-])cc2)cc1. The highest BCUT2D eigenvalue weighted by Crippen LogP contribution is 2.10. The highest BCUT2D eigenvalue weighted by molar-refractivity contribution is 5.47. The Labute approximate surface area is 121 Å². The third kappa shape index (κ3) is 3.96. The average Bonchev–Trinajstić information content (AvgIpc) is 2.52. The van der Waals surface area contributed by atoms with Crippen molar-refractivity contribution in [2.75, 3.05) is 0 Å². The second kappa shape index (κ2) is 6.57. The van der Waals surface area contributed by atoms with Gasteiger partial charge in [0.25, 0.3) is 5.69 Å². The van der Waals surface area contributed by atoms with Gasteiger partial charge < -0.3 is 0 Å². The fourth-order valence-electron chi connectivity index (χ4n) is 1.50. The van der Waals surface area contributed by atoms with Crippen LogP contribution in [0.5, 0.6) is 0 Å². The molecule has 0 radical (unpaired) electrons. The first-order valence-electron chi connectivity index (χ1n) is 5.96. The molecule has 0 amide bonds. The molecule has 2 aromatic carbocycles. The molecule has 0 aliphatic carbocycles. The van der Waals surface area contributed by atoms with Crippen molar-refractivity contribution in [3.63, 3.8) is 0 Å². The number of nitriles is 1. The van der Waals surface area contributed by atoms with Crippen LogP contribution in [-0.4, -0.2) is 4.92 Å². The van der Waals surface area contributed by atoms with Crippen molar-refractivity contribution < 1.29 is 4.92 Å². The van der Waals surface area contributed by atoms with Crippen molar-refractivity contribution in [1.29, 1.82) is 5.26 Å². The van der Waals surface area contributed by atoms with E-state index in [1.807, 2.05) is 6.07 Å². The van der Waals surface area contributed by atoms with Crippen LogP contribution >= 0.6 is 0 Å². The molecule has 0 fully saturated rings. The normalized spacial score (nSPS) is 8.52. The number of hydrogen-bond acceptors (Lipinski definition) is 3. The molecule has 0 spiro atoms. The first kappa shape index (κ1) is 13.9. The summed E-state index contributed by atoms with van der Waals surface area (Å²) in [6, 6.07) is 14.9. The Bertz CT molecular complexity index is 821. The van der Waals surface area contributed by atoms with Crippen molar-refractivity contribution in [2.45, 2.75) is 0 Å². The quantitative estimate of drug-likeness (QED) is 0.455. The van der Waals surface area contributed by atoms with Crippen LogP contribution in [0.25, 0.3) is 0 Å². The van der Waals surface area contributed by atoms with Crippen molar-refractivity contribution in [3.05, 3.63) is 75.3 Å². The molecule has 4 heteroatoms. The van der Waals surface area contributed by atoms with Crippen LogP contribution < -0.4 is 0 Å². The number of hydrogen-bond donors (Lipinski definition) is 0. The maximum Gasteiger partial charge on any atom is 0.269 e. The molecular weight excluding hydrogens is 264 g/mol. The Kier molecular flexibility index (Phi) is 4.34. The van der Waals surface area contributed by atoms with Crippen LogP contribution in [0.15, 0.2) is 48.5 Å². The lowest BCUT2D eigenvalue weighted by Gasteiger charge is -1.90. The summed E-state index contributed by atoms with van der Waals surface area (Å²) in [6.45, 7) is 0. The van der Waals surface area contributed by atoms with Gasteiger partial charge in [-0.3, -0.25) is 10.1 Å². The topological polar surface area (TPSA) is 66.9 Å². The number of nitrogens with zero attached hydrogens (tertiary/aromatic N) is 2. The first-order valence-corrected chi connectivity index (χ1v) is 5.96. The molecular formula is C17H8N2O2. The van der Waals surface area contributed by atoms with E-state index >= 15 is 0 Å². The van der Waals surface area contributed by atoms with Crippen LogP contribution in [0.1, 0.15) is 16.7 Å². The highest BCUT2D eigenvalue weighted by Gasteiger charge is 2.01. The van der Waals surface area contributed by atoms with Crippen molar-refractivity contribution in [3.8, 4) is 29.8 Å². The maximum atomic E-state index is 10.5. The van der Waals surface area contributed by atoms with Gasteiger partial charge in [-0.25, -0.2) is 0 Å². The molecule has 0 aliphatic rings. The standard InChI is InChI=1S/C17H8N2O2/c18-13-16-7-5-14(6-8-16)3-1-2-4-15-9-11-17(12-10-15)19(20)21/h5-12H. The van der Waals surface area contributed by atoms with Gasteiger partial charge in [-0.05, 0) is 48.2 Å². The first-order chi connectivity index (χ1) is 10.2. The zero-order valence-electron chi connectivity index (χ0n) is 10.8. The largest absolute Gasteiger partial charge is 0.269 e. The highest BCUT2D eigenvalue weighted by atomic mass is 16.6.